The lowest BCUT2D eigenvalue weighted by Gasteiger charge is -2.24. The van der Waals surface area contributed by atoms with Gasteiger partial charge in [0.1, 0.15) is 0 Å². The van der Waals surface area contributed by atoms with E-state index in [1.165, 1.54) is 0 Å². The Morgan fingerprint density at radius 1 is 1.32 bits per heavy atom. The molecule has 0 spiro atoms. The van der Waals surface area contributed by atoms with Crippen LogP contribution in [0.4, 0.5) is 0 Å². The standard InChI is InChI=1S/C14H15N3O4S/c1-2-8(7-11(18)21-16-14(15)22)17-12(19)9-5-3-4-6-10(9)13(17)20/h3-6,8H,2,7H2,1H3,(H3,15,16,22). The van der Waals surface area contributed by atoms with Crippen LogP contribution in [-0.4, -0.2) is 33.8 Å². The molecule has 1 atom stereocenters. The summed E-state index contributed by atoms with van der Waals surface area (Å²) >= 11 is 4.52. The smallest absolute Gasteiger partial charge is 0.334 e. The number of carbonyl (C=O) groups excluding carboxylic acids is 3. The Bertz CT molecular complexity index is 612. The number of hydrogen-bond acceptors (Lipinski definition) is 5. The van der Waals surface area contributed by atoms with E-state index in [4.69, 9.17) is 5.73 Å². The lowest BCUT2D eigenvalue weighted by Crippen LogP contribution is -2.42. The van der Waals surface area contributed by atoms with Crippen molar-refractivity contribution >= 4 is 35.1 Å². The Morgan fingerprint density at radius 3 is 2.32 bits per heavy atom. The van der Waals surface area contributed by atoms with Gasteiger partial charge < -0.3 is 10.6 Å². The molecular formula is C14H15N3O4S. The van der Waals surface area contributed by atoms with Crippen molar-refractivity contribution in [3.8, 4) is 0 Å². The summed E-state index contributed by atoms with van der Waals surface area (Å²) in [5, 5.41) is -0.179. The van der Waals surface area contributed by atoms with E-state index in [0.717, 1.165) is 4.90 Å². The largest absolute Gasteiger partial charge is 0.374 e. The first-order valence-corrected chi connectivity index (χ1v) is 7.08. The third kappa shape index (κ3) is 3.06. The fourth-order valence-corrected chi connectivity index (χ4v) is 2.34. The summed E-state index contributed by atoms with van der Waals surface area (Å²) in [4.78, 5) is 42.2. The third-order valence-electron chi connectivity index (χ3n) is 3.33. The molecule has 0 fully saturated rings. The monoisotopic (exact) mass is 321 g/mol. The van der Waals surface area contributed by atoms with Crippen LogP contribution in [0.15, 0.2) is 24.3 Å². The number of benzene rings is 1. The van der Waals surface area contributed by atoms with E-state index in [-0.39, 0.29) is 11.5 Å². The van der Waals surface area contributed by atoms with E-state index >= 15 is 0 Å². The second kappa shape index (κ2) is 6.52. The van der Waals surface area contributed by atoms with Gasteiger partial charge in [0.25, 0.3) is 11.8 Å². The molecule has 1 aromatic rings. The molecule has 0 aliphatic carbocycles. The van der Waals surface area contributed by atoms with Crippen LogP contribution >= 0.6 is 12.2 Å². The predicted octanol–water partition coefficient (Wildman–Crippen LogP) is 0.743. The number of rotatable bonds is 4. The highest BCUT2D eigenvalue weighted by molar-refractivity contribution is 7.80. The molecule has 22 heavy (non-hydrogen) atoms. The normalized spacial score (nSPS) is 14.5. The molecule has 2 amide bonds. The zero-order valence-electron chi connectivity index (χ0n) is 11.9. The van der Waals surface area contributed by atoms with Crippen molar-refractivity contribution in [1.82, 2.24) is 10.4 Å². The highest BCUT2D eigenvalue weighted by atomic mass is 32.1. The second-order valence-electron chi connectivity index (χ2n) is 4.73. The minimum atomic E-state index is -0.656. The minimum Gasteiger partial charge on any atom is -0.374 e. The number of hydrogen-bond donors (Lipinski definition) is 2. The number of nitrogens with one attached hydrogen (secondary N) is 1. The van der Waals surface area contributed by atoms with E-state index in [2.05, 4.69) is 22.5 Å². The average Bonchev–Trinajstić information content (AvgIpc) is 2.75. The van der Waals surface area contributed by atoms with E-state index < -0.39 is 23.8 Å². The second-order valence-corrected chi connectivity index (χ2v) is 5.17. The molecule has 7 nitrogen and oxygen atoms in total. The quantitative estimate of drug-likeness (QED) is 0.479. The van der Waals surface area contributed by atoms with Gasteiger partial charge in [0.2, 0.25) is 0 Å². The molecule has 8 heteroatoms. The fourth-order valence-electron chi connectivity index (χ4n) is 2.30. The molecule has 1 aromatic carbocycles. The van der Waals surface area contributed by atoms with Gasteiger partial charge in [-0.15, -0.1) is 0 Å². The van der Waals surface area contributed by atoms with Gasteiger partial charge >= 0.3 is 5.97 Å². The van der Waals surface area contributed by atoms with Gasteiger partial charge in [-0.3, -0.25) is 14.5 Å². The van der Waals surface area contributed by atoms with Gasteiger partial charge in [0, 0.05) is 0 Å². The first-order valence-electron chi connectivity index (χ1n) is 6.67. The minimum absolute atomic E-state index is 0.141. The molecule has 0 bridgehead atoms. The Hall–Kier alpha value is -2.48. The van der Waals surface area contributed by atoms with Gasteiger partial charge in [-0.25, -0.2) is 4.79 Å². The van der Waals surface area contributed by atoms with E-state index in [1.54, 1.807) is 31.2 Å². The van der Waals surface area contributed by atoms with Crippen molar-refractivity contribution in [2.24, 2.45) is 5.73 Å². The zero-order chi connectivity index (χ0) is 16.3. The number of imide groups is 1. The SMILES string of the molecule is CCC(CC(=O)ONC(N)=S)N1C(=O)c2ccccc2C1=O. The number of thiocarbonyl (C=S) groups is 1. The summed E-state index contributed by atoms with van der Waals surface area (Å²) in [6.07, 6.45) is 0.283. The van der Waals surface area contributed by atoms with Crippen LogP contribution in [0.3, 0.4) is 0 Å². The molecule has 1 aliphatic heterocycles. The molecule has 116 valence electrons. The number of amides is 2. The van der Waals surface area contributed by atoms with E-state index in [9.17, 15) is 14.4 Å². The molecule has 1 heterocycles. The summed E-state index contributed by atoms with van der Waals surface area (Å²) in [7, 11) is 0. The highest BCUT2D eigenvalue weighted by Gasteiger charge is 2.39. The highest BCUT2D eigenvalue weighted by Crippen LogP contribution is 2.26. The molecule has 0 saturated carbocycles. The topological polar surface area (TPSA) is 102 Å². The summed E-state index contributed by atoms with van der Waals surface area (Å²) in [5.41, 5.74) is 7.92. The fraction of sp³-hybridized carbons (Fsp3) is 0.286. The summed E-state index contributed by atoms with van der Waals surface area (Å²) in [6.45, 7) is 1.78. The number of nitrogens with two attached hydrogens (primary N) is 1. The van der Waals surface area contributed by atoms with Gasteiger partial charge in [0.05, 0.1) is 23.6 Å². The molecule has 0 radical (unpaired) electrons. The van der Waals surface area contributed by atoms with Crippen LogP contribution in [0.1, 0.15) is 40.5 Å². The van der Waals surface area contributed by atoms with E-state index in [1.807, 2.05) is 0 Å². The van der Waals surface area contributed by atoms with Crippen LogP contribution in [-0.2, 0) is 9.63 Å². The average molecular weight is 321 g/mol. The molecular weight excluding hydrogens is 306 g/mol. The molecule has 3 N–H and O–H groups in total. The summed E-state index contributed by atoms with van der Waals surface area (Å²) in [6, 6.07) is 5.97. The molecule has 0 saturated heterocycles. The Labute approximate surface area is 132 Å². The van der Waals surface area contributed by atoms with Crippen molar-refractivity contribution in [1.29, 1.82) is 0 Å². The first kappa shape index (κ1) is 15.9. The van der Waals surface area contributed by atoms with Gasteiger partial charge in [0.15, 0.2) is 5.11 Å². The molecule has 0 aromatic heterocycles. The predicted molar refractivity (Wildman–Crippen MR) is 81.7 cm³/mol. The number of hydroxylamine groups is 1. The van der Waals surface area contributed by atoms with Crippen molar-refractivity contribution in [3.63, 3.8) is 0 Å². The van der Waals surface area contributed by atoms with Gasteiger partial charge in [-0.2, -0.15) is 5.48 Å². The summed E-state index contributed by atoms with van der Waals surface area (Å²) in [5.74, 6) is -1.46. The van der Waals surface area contributed by atoms with Crippen LogP contribution in [0.2, 0.25) is 0 Å². The Morgan fingerprint density at radius 2 is 1.86 bits per heavy atom. The van der Waals surface area contributed by atoms with Crippen molar-refractivity contribution < 1.29 is 19.2 Å². The number of nitrogens with zero attached hydrogens (tertiary/aromatic N) is 1. The van der Waals surface area contributed by atoms with Crippen LogP contribution < -0.4 is 11.2 Å². The van der Waals surface area contributed by atoms with Crippen molar-refractivity contribution in [2.45, 2.75) is 25.8 Å². The van der Waals surface area contributed by atoms with Crippen molar-refractivity contribution in [3.05, 3.63) is 35.4 Å². The maximum Gasteiger partial charge on any atom is 0.334 e. The maximum absolute atomic E-state index is 12.4. The molecule has 1 aliphatic rings. The van der Waals surface area contributed by atoms with Crippen LogP contribution in [0.5, 0.6) is 0 Å². The third-order valence-corrected chi connectivity index (χ3v) is 3.41. The van der Waals surface area contributed by atoms with E-state index in [0.29, 0.717) is 17.5 Å². The molecule has 1 unspecified atom stereocenters. The summed E-state index contributed by atoms with van der Waals surface area (Å²) < 4.78 is 0. The lowest BCUT2D eigenvalue weighted by atomic mass is 10.1. The lowest BCUT2D eigenvalue weighted by molar-refractivity contribution is -0.148. The van der Waals surface area contributed by atoms with Crippen LogP contribution in [0.25, 0.3) is 0 Å². The first-order chi connectivity index (χ1) is 10.5. The maximum atomic E-state index is 12.4. The Balaban J connectivity index is 2.12. The Kier molecular flexibility index (Phi) is 4.71. The van der Waals surface area contributed by atoms with Gasteiger partial charge in [-0.05, 0) is 30.8 Å². The zero-order valence-corrected chi connectivity index (χ0v) is 12.7. The number of carbonyl (C=O) groups is 3. The van der Waals surface area contributed by atoms with Gasteiger partial charge in [-0.1, -0.05) is 19.1 Å². The van der Waals surface area contributed by atoms with Crippen LogP contribution in [0, 0.1) is 0 Å². The van der Waals surface area contributed by atoms with Crippen molar-refractivity contribution in [2.75, 3.05) is 0 Å². The molecule has 2 rings (SSSR count). The number of fused-ring (bicyclic) bond motifs is 1.